The zero-order chi connectivity index (χ0) is 18.4. The van der Waals surface area contributed by atoms with Crippen molar-refractivity contribution in [2.24, 2.45) is 11.7 Å². The number of nitrogens with zero attached hydrogens (tertiary/aromatic N) is 1. The van der Waals surface area contributed by atoms with Gasteiger partial charge in [-0.2, -0.15) is 0 Å². The van der Waals surface area contributed by atoms with E-state index in [-0.39, 0.29) is 42.7 Å². The average molecular weight is 430 g/mol. The van der Waals surface area contributed by atoms with Crippen LogP contribution in [0.4, 0.5) is 0 Å². The molecule has 3 rings (SSSR count). The molecule has 2 saturated carbocycles. The lowest BCUT2D eigenvalue weighted by atomic mass is 9.85. The fourth-order valence-corrected chi connectivity index (χ4v) is 4.60. The van der Waals surface area contributed by atoms with Crippen LogP contribution in [-0.2, 0) is 17.9 Å². The molecular weight excluding hydrogens is 393 g/mol. The number of halogens is 2. The summed E-state index contributed by atoms with van der Waals surface area (Å²) < 4.78 is 0. The van der Waals surface area contributed by atoms with E-state index in [2.05, 4.69) is 41.5 Å². The first-order chi connectivity index (χ1) is 12.6. The van der Waals surface area contributed by atoms with Crippen LogP contribution in [0.3, 0.4) is 0 Å². The third-order valence-electron chi connectivity index (χ3n) is 6.27. The van der Waals surface area contributed by atoms with E-state index in [1.807, 2.05) is 0 Å². The van der Waals surface area contributed by atoms with E-state index >= 15 is 0 Å². The monoisotopic (exact) mass is 429 g/mol. The van der Waals surface area contributed by atoms with Crippen LogP contribution in [0.1, 0.15) is 68.9 Å². The Morgan fingerprint density at radius 3 is 2.39 bits per heavy atom. The van der Waals surface area contributed by atoms with Gasteiger partial charge in [-0.15, -0.1) is 24.8 Å². The molecule has 2 atom stereocenters. The van der Waals surface area contributed by atoms with Crippen molar-refractivity contribution < 1.29 is 4.79 Å². The number of hydrogen-bond acceptors (Lipinski definition) is 3. The molecule has 0 aromatic heterocycles. The topological polar surface area (TPSA) is 58.4 Å². The van der Waals surface area contributed by atoms with Crippen molar-refractivity contribution in [3.8, 4) is 0 Å². The molecule has 2 fully saturated rings. The highest BCUT2D eigenvalue weighted by Crippen LogP contribution is 2.25. The van der Waals surface area contributed by atoms with Gasteiger partial charge in [-0.3, -0.25) is 9.69 Å². The van der Waals surface area contributed by atoms with Crippen molar-refractivity contribution in [1.82, 2.24) is 10.2 Å². The standard InChI is InChI=1S/C22H35N3O.2ClH/c1-25(21-12-3-2-4-13-21)16-19-9-6-5-8-18(19)15-24-22(26)17-10-7-11-20(23)14-17;;/h5-6,8-9,17,20-21H,2-4,7,10-16,23H2,1H3,(H,24,26);2*1H. The van der Waals surface area contributed by atoms with Gasteiger partial charge < -0.3 is 11.1 Å². The van der Waals surface area contributed by atoms with Gasteiger partial charge >= 0.3 is 0 Å². The van der Waals surface area contributed by atoms with Crippen LogP contribution < -0.4 is 11.1 Å². The Kier molecular flexibility index (Phi) is 11.4. The Morgan fingerprint density at radius 2 is 1.71 bits per heavy atom. The van der Waals surface area contributed by atoms with E-state index < -0.39 is 0 Å². The quantitative estimate of drug-likeness (QED) is 0.702. The Hall–Kier alpha value is -0.810. The second kappa shape index (κ2) is 12.7. The molecule has 1 aromatic carbocycles. The number of benzene rings is 1. The number of carbonyl (C=O) groups is 1. The first-order valence-corrected chi connectivity index (χ1v) is 10.4. The molecule has 3 N–H and O–H groups in total. The molecule has 0 bridgehead atoms. The van der Waals surface area contributed by atoms with Gasteiger partial charge in [0.1, 0.15) is 0 Å². The van der Waals surface area contributed by atoms with Crippen LogP contribution in [0.2, 0.25) is 0 Å². The summed E-state index contributed by atoms with van der Waals surface area (Å²) in [5.41, 5.74) is 8.61. The van der Waals surface area contributed by atoms with E-state index in [9.17, 15) is 4.79 Å². The molecule has 2 aliphatic carbocycles. The second-order valence-electron chi connectivity index (χ2n) is 8.32. The summed E-state index contributed by atoms with van der Waals surface area (Å²) in [5, 5.41) is 3.17. The summed E-state index contributed by atoms with van der Waals surface area (Å²) in [4.78, 5) is 15.0. The minimum Gasteiger partial charge on any atom is -0.352 e. The normalized spacial score (nSPS) is 22.8. The van der Waals surface area contributed by atoms with Crippen molar-refractivity contribution in [3.05, 3.63) is 35.4 Å². The first-order valence-electron chi connectivity index (χ1n) is 10.4. The predicted molar refractivity (Wildman–Crippen MR) is 121 cm³/mol. The molecule has 0 spiro atoms. The van der Waals surface area contributed by atoms with E-state index in [0.29, 0.717) is 12.6 Å². The smallest absolute Gasteiger partial charge is 0.223 e. The number of amides is 1. The fraction of sp³-hybridized carbons (Fsp3) is 0.682. The maximum Gasteiger partial charge on any atom is 0.223 e. The van der Waals surface area contributed by atoms with Crippen LogP contribution in [-0.4, -0.2) is 29.9 Å². The molecule has 0 radical (unpaired) electrons. The van der Waals surface area contributed by atoms with E-state index in [1.165, 1.54) is 43.2 Å². The highest BCUT2D eigenvalue weighted by molar-refractivity contribution is 5.85. The summed E-state index contributed by atoms with van der Waals surface area (Å²) >= 11 is 0. The molecule has 160 valence electrons. The zero-order valence-electron chi connectivity index (χ0n) is 17.1. The van der Waals surface area contributed by atoms with Gasteiger partial charge in [0.2, 0.25) is 5.91 Å². The van der Waals surface area contributed by atoms with Gasteiger partial charge in [-0.25, -0.2) is 0 Å². The van der Waals surface area contributed by atoms with Crippen molar-refractivity contribution in [2.45, 2.75) is 83.0 Å². The summed E-state index contributed by atoms with van der Waals surface area (Å²) in [6, 6.07) is 9.43. The average Bonchev–Trinajstić information content (AvgIpc) is 2.67. The molecule has 0 saturated heterocycles. The van der Waals surface area contributed by atoms with Crippen LogP contribution >= 0.6 is 24.8 Å². The second-order valence-corrected chi connectivity index (χ2v) is 8.32. The van der Waals surface area contributed by atoms with Crippen molar-refractivity contribution in [2.75, 3.05) is 7.05 Å². The molecule has 2 aliphatic rings. The molecule has 0 aliphatic heterocycles. The van der Waals surface area contributed by atoms with Crippen LogP contribution in [0, 0.1) is 5.92 Å². The lowest BCUT2D eigenvalue weighted by molar-refractivity contribution is -0.126. The molecular formula is C22H37Cl2N3O. The lowest BCUT2D eigenvalue weighted by Crippen LogP contribution is -2.37. The molecule has 4 nitrogen and oxygen atoms in total. The van der Waals surface area contributed by atoms with E-state index in [0.717, 1.165) is 32.2 Å². The molecule has 2 unspecified atom stereocenters. The Bertz CT molecular complexity index is 593. The zero-order valence-corrected chi connectivity index (χ0v) is 18.7. The Morgan fingerprint density at radius 1 is 1.04 bits per heavy atom. The van der Waals surface area contributed by atoms with Crippen molar-refractivity contribution in [3.63, 3.8) is 0 Å². The number of carbonyl (C=O) groups excluding carboxylic acids is 1. The highest BCUT2D eigenvalue weighted by Gasteiger charge is 2.25. The van der Waals surface area contributed by atoms with Gasteiger partial charge in [-0.1, -0.05) is 49.9 Å². The molecule has 28 heavy (non-hydrogen) atoms. The lowest BCUT2D eigenvalue weighted by Gasteiger charge is -2.31. The van der Waals surface area contributed by atoms with E-state index in [1.54, 1.807) is 0 Å². The number of nitrogens with one attached hydrogen (secondary N) is 1. The van der Waals surface area contributed by atoms with Crippen LogP contribution in [0.15, 0.2) is 24.3 Å². The summed E-state index contributed by atoms with van der Waals surface area (Å²) in [6.07, 6.45) is 10.7. The van der Waals surface area contributed by atoms with Crippen LogP contribution in [0.25, 0.3) is 0 Å². The largest absolute Gasteiger partial charge is 0.352 e. The maximum absolute atomic E-state index is 12.5. The molecule has 0 heterocycles. The van der Waals surface area contributed by atoms with E-state index in [4.69, 9.17) is 5.73 Å². The van der Waals surface area contributed by atoms with Gasteiger partial charge in [0.05, 0.1) is 0 Å². The summed E-state index contributed by atoms with van der Waals surface area (Å²) in [7, 11) is 2.24. The SMILES string of the molecule is CN(Cc1ccccc1CNC(=O)C1CCCC(N)C1)C1CCCCC1.Cl.Cl. The number of nitrogens with two attached hydrogens (primary N) is 1. The maximum atomic E-state index is 12.5. The van der Waals surface area contributed by atoms with Gasteiger partial charge in [0, 0.05) is 31.1 Å². The summed E-state index contributed by atoms with van der Waals surface area (Å²) in [5.74, 6) is 0.270. The number of rotatable bonds is 6. The van der Waals surface area contributed by atoms with Gasteiger partial charge in [0.25, 0.3) is 0 Å². The number of hydrogen-bond donors (Lipinski definition) is 2. The third-order valence-corrected chi connectivity index (χ3v) is 6.27. The van der Waals surface area contributed by atoms with Gasteiger partial charge in [-0.05, 0) is 50.3 Å². The first kappa shape index (κ1) is 25.2. The molecule has 6 heteroatoms. The highest BCUT2D eigenvalue weighted by atomic mass is 35.5. The Labute approximate surface area is 182 Å². The Balaban J connectivity index is 0.00000196. The van der Waals surface area contributed by atoms with Crippen molar-refractivity contribution in [1.29, 1.82) is 0 Å². The van der Waals surface area contributed by atoms with Crippen molar-refractivity contribution >= 4 is 30.7 Å². The minimum atomic E-state index is 0. The fourth-order valence-electron chi connectivity index (χ4n) is 4.60. The van der Waals surface area contributed by atoms with Gasteiger partial charge in [0.15, 0.2) is 0 Å². The third kappa shape index (κ3) is 7.22. The molecule has 1 aromatic rings. The summed E-state index contributed by atoms with van der Waals surface area (Å²) in [6.45, 7) is 1.59. The van der Waals surface area contributed by atoms with Crippen LogP contribution in [0.5, 0.6) is 0 Å². The predicted octanol–water partition coefficient (Wildman–Crippen LogP) is 4.43. The molecule has 1 amide bonds. The minimum absolute atomic E-state index is 0.